The minimum absolute atomic E-state index is 0.122. The minimum atomic E-state index is -0.374. The highest BCUT2D eigenvalue weighted by molar-refractivity contribution is 5.96. The van der Waals surface area contributed by atoms with Crippen LogP contribution >= 0.6 is 0 Å². The first kappa shape index (κ1) is 19.4. The molecule has 1 aromatic heterocycles. The molecule has 7 heteroatoms. The Labute approximate surface area is 169 Å². The highest BCUT2D eigenvalue weighted by Gasteiger charge is 2.29. The summed E-state index contributed by atoms with van der Waals surface area (Å²) < 4.78 is 13.1. The summed E-state index contributed by atoms with van der Waals surface area (Å²) in [5.41, 5.74) is 1.51. The summed E-state index contributed by atoms with van der Waals surface area (Å²) in [6, 6.07) is 9.33. The highest BCUT2D eigenvalue weighted by atomic mass is 19.1. The lowest BCUT2D eigenvalue weighted by atomic mass is 9.96. The van der Waals surface area contributed by atoms with E-state index in [-0.39, 0.29) is 23.5 Å². The Hall–Kier alpha value is -2.96. The third kappa shape index (κ3) is 4.55. The maximum atomic E-state index is 13.1. The van der Waals surface area contributed by atoms with Gasteiger partial charge in [-0.3, -0.25) is 9.59 Å². The second-order valence-corrected chi connectivity index (χ2v) is 7.68. The summed E-state index contributed by atoms with van der Waals surface area (Å²) in [7, 11) is 0. The maximum Gasteiger partial charge on any atom is 0.253 e. The van der Waals surface area contributed by atoms with Gasteiger partial charge in [-0.05, 0) is 62.1 Å². The Morgan fingerprint density at radius 3 is 2.45 bits per heavy atom. The van der Waals surface area contributed by atoms with Crippen LogP contribution in [0.5, 0.6) is 0 Å². The molecule has 1 aromatic carbocycles. The number of benzene rings is 1. The largest absolute Gasteiger partial charge is 0.370 e. The van der Waals surface area contributed by atoms with E-state index in [0.717, 1.165) is 31.6 Å². The van der Waals surface area contributed by atoms with E-state index < -0.39 is 0 Å². The number of nitrogens with one attached hydrogen (secondary N) is 1. The van der Waals surface area contributed by atoms with Crippen molar-refractivity contribution in [3.63, 3.8) is 0 Å². The van der Waals surface area contributed by atoms with E-state index in [1.165, 1.54) is 37.1 Å². The van der Waals surface area contributed by atoms with E-state index in [1.807, 2.05) is 12.1 Å². The van der Waals surface area contributed by atoms with Crippen molar-refractivity contribution in [2.75, 3.05) is 36.4 Å². The van der Waals surface area contributed by atoms with Crippen molar-refractivity contribution in [1.82, 2.24) is 9.88 Å². The zero-order valence-electron chi connectivity index (χ0n) is 16.3. The molecule has 0 radical (unpaired) electrons. The Morgan fingerprint density at radius 1 is 1.00 bits per heavy atom. The van der Waals surface area contributed by atoms with Crippen LogP contribution in [0.25, 0.3) is 0 Å². The molecule has 2 aliphatic rings. The first-order valence-electron chi connectivity index (χ1n) is 10.2. The van der Waals surface area contributed by atoms with Gasteiger partial charge >= 0.3 is 0 Å². The monoisotopic (exact) mass is 396 g/mol. The normalized spacial score (nSPS) is 19.3. The van der Waals surface area contributed by atoms with Gasteiger partial charge in [-0.2, -0.15) is 0 Å². The summed E-state index contributed by atoms with van der Waals surface area (Å²) >= 11 is 0. The molecule has 6 nitrogen and oxygen atoms in total. The summed E-state index contributed by atoms with van der Waals surface area (Å²) in [6.45, 7) is 3.05. The van der Waals surface area contributed by atoms with Gasteiger partial charge in [0.2, 0.25) is 5.91 Å². The minimum Gasteiger partial charge on any atom is -0.370 e. The highest BCUT2D eigenvalue weighted by Crippen LogP contribution is 2.22. The number of halogens is 1. The zero-order chi connectivity index (χ0) is 20.2. The molecule has 1 atom stereocenters. The Morgan fingerprint density at radius 2 is 1.76 bits per heavy atom. The molecule has 2 saturated heterocycles. The predicted octanol–water partition coefficient (Wildman–Crippen LogP) is 3.31. The summed E-state index contributed by atoms with van der Waals surface area (Å²) in [5, 5.41) is 2.88. The lowest BCUT2D eigenvalue weighted by Gasteiger charge is -2.32. The number of aromatic nitrogens is 1. The molecular formula is C22H25FN4O2. The van der Waals surface area contributed by atoms with Gasteiger partial charge in [0.1, 0.15) is 11.6 Å². The van der Waals surface area contributed by atoms with Gasteiger partial charge in [-0.1, -0.05) is 0 Å². The van der Waals surface area contributed by atoms with Gasteiger partial charge in [0.25, 0.3) is 5.91 Å². The van der Waals surface area contributed by atoms with Gasteiger partial charge in [-0.25, -0.2) is 9.37 Å². The number of carbonyl (C=O) groups is 2. The predicted molar refractivity (Wildman–Crippen MR) is 109 cm³/mol. The SMILES string of the molecule is O=C(Nc1ccc(N2CCCC2)cn1)C1CCCN(C(=O)c2ccc(F)cc2)C1. The van der Waals surface area contributed by atoms with E-state index in [2.05, 4.69) is 15.2 Å². The molecule has 2 aliphatic heterocycles. The first-order valence-corrected chi connectivity index (χ1v) is 10.2. The van der Waals surface area contributed by atoms with Crippen molar-refractivity contribution in [3.05, 3.63) is 54.0 Å². The lowest BCUT2D eigenvalue weighted by Crippen LogP contribution is -2.43. The summed E-state index contributed by atoms with van der Waals surface area (Å²) in [4.78, 5) is 33.7. The van der Waals surface area contributed by atoms with Crippen molar-refractivity contribution in [2.24, 2.45) is 5.92 Å². The lowest BCUT2D eigenvalue weighted by molar-refractivity contribution is -0.121. The Bertz CT molecular complexity index is 863. The van der Waals surface area contributed by atoms with Crippen LogP contribution in [0.1, 0.15) is 36.0 Å². The van der Waals surface area contributed by atoms with Gasteiger partial charge in [-0.15, -0.1) is 0 Å². The van der Waals surface area contributed by atoms with Crippen LogP contribution in [0.2, 0.25) is 0 Å². The van der Waals surface area contributed by atoms with E-state index in [4.69, 9.17) is 0 Å². The van der Waals surface area contributed by atoms with E-state index in [9.17, 15) is 14.0 Å². The van der Waals surface area contributed by atoms with E-state index >= 15 is 0 Å². The molecule has 0 saturated carbocycles. The van der Waals surface area contributed by atoms with Crippen LogP contribution in [-0.4, -0.2) is 47.9 Å². The quantitative estimate of drug-likeness (QED) is 0.861. The summed E-state index contributed by atoms with van der Waals surface area (Å²) in [6.07, 6.45) is 5.68. The molecule has 0 spiro atoms. The van der Waals surface area contributed by atoms with Crippen molar-refractivity contribution >= 4 is 23.3 Å². The number of amides is 2. The molecule has 4 rings (SSSR count). The number of hydrogen-bond donors (Lipinski definition) is 1. The van der Waals surface area contributed by atoms with E-state index in [1.54, 1.807) is 11.1 Å². The van der Waals surface area contributed by atoms with Crippen molar-refractivity contribution < 1.29 is 14.0 Å². The second kappa shape index (κ2) is 8.59. The van der Waals surface area contributed by atoms with Gasteiger partial charge in [0, 0.05) is 31.7 Å². The second-order valence-electron chi connectivity index (χ2n) is 7.68. The molecule has 1 unspecified atom stereocenters. The fourth-order valence-corrected chi connectivity index (χ4v) is 4.00. The Kier molecular flexibility index (Phi) is 5.74. The number of carbonyl (C=O) groups excluding carboxylic acids is 2. The van der Waals surface area contributed by atoms with Crippen molar-refractivity contribution in [1.29, 1.82) is 0 Å². The number of likely N-dealkylation sites (tertiary alicyclic amines) is 1. The molecule has 29 heavy (non-hydrogen) atoms. The van der Waals surface area contributed by atoms with Gasteiger partial charge in [0.05, 0.1) is 17.8 Å². The smallest absolute Gasteiger partial charge is 0.253 e. The number of anilines is 2. The van der Waals surface area contributed by atoms with Crippen LogP contribution in [0.3, 0.4) is 0 Å². The summed E-state index contributed by atoms with van der Waals surface area (Å²) in [5.74, 6) is -0.424. The number of hydrogen-bond acceptors (Lipinski definition) is 4. The number of piperidine rings is 1. The zero-order valence-corrected chi connectivity index (χ0v) is 16.3. The average Bonchev–Trinajstić information content (AvgIpc) is 3.29. The molecule has 152 valence electrons. The fourth-order valence-electron chi connectivity index (χ4n) is 4.00. The molecule has 2 amide bonds. The number of rotatable bonds is 4. The standard InChI is InChI=1S/C22H25FN4O2/c23-18-7-5-16(6-8-18)22(29)27-13-3-4-17(15-27)21(28)25-20-10-9-19(14-24-20)26-11-1-2-12-26/h5-10,14,17H,1-4,11-13,15H2,(H,24,25,28). The van der Waals surface area contributed by atoms with E-state index in [0.29, 0.717) is 24.5 Å². The topological polar surface area (TPSA) is 65.5 Å². The van der Waals surface area contributed by atoms with Gasteiger partial charge < -0.3 is 15.1 Å². The van der Waals surface area contributed by atoms with Crippen LogP contribution < -0.4 is 10.2 Å². The maximum absolute atomic E-state index is 13.1. The number of nitrogens with zero attached hydrogens (tertiary/aromatic N) is 3. The average molecular weight is 396 g/mol. The molecule has 2 fully saturated rings. The van der Waals surface area contributed by atoms with Crippen LogP contribution in [0.15, 0.2) is 42.6 Å². The Balaban J connectivity index is 1.35. The molecular weight excluding hydrogens is 371 g/mol. The molecule has 3 heterocycles. The molecule has 0 bridgehead atoms. The van der Waals surface area contributed by atoms with Crippen molar-refractivity contribution in [3.8, 4) is 0 Å². The first-order chi connectivity index (χ1) is 14.1. The fraction of sp³-hybridized carbons (Fsp3) is 0.409. The third-order valence-electron chi connectivity index (χ3n) is 5.64. The van der Waals surface area contributed by atoms with Crippen LogP contribution in [0.4, 0.5) is 15.9 Å². The third-order valence-corrected chi connectivity index (χ3v) is 5.64. The molecule has 2 aromatic rings. The van der Waals surface area contributed by atoms with Crippen molar-refractivity contribution in [2.45, 2.75) is 25.7 Å². The van der Waals surface area contributed by atoms with Crippen LogP contribution in [0, 0.1) is 11.7 Å². The molecule has 0 aliphatic carbocycles. The number of pyridine rings is 1. The van der Waals surface area contributed by atoms with Crippen LogP contribution in [-0.2, 0) is 4.79 Å². The van der Waals surface area contributed by atoms with Gasteiger partial charge in [0.15, 0.2) is 0 Å². The molecule has 1 N–H and O–H groups in total.